The number of methoxy groups -OCH3 is 1. The van der Waals surface area contributed by atoms with Crippen LogP contribution in [0.15, 0.2) is 29.4 Å². The molecule has 0 radical (unpaired) electrons. The Labute approximate surface area is 600 Å². The fourth-order valence-electron chi connectivity index (χ4n) is 10.1. The Balaban J connectivity index is 1.29. The molecule has 2 heterocycles. The van der Waals surface area contributed by atoms with Crippen LogP contribution < -0.4 is 5.32 Å². The second kappa shape index (κ2) is 60.6. The summed E-state index contributed by atoms with van der Waals surface area (Å²) < 4.78 is 99.6. The molecule has 1 aliphatic heterocycles. The minimum absolute atomic E-state index is 0.00254. The average molecular weight is 1470 g/mol. The largest absolute Gasteiger partial charge is 0.464 e. The topological polar surface area (TPSA) is 341 Å². The number of nitrogens with zero attached hydrogens (tertiary/aromatic N) is 2. The first-order valence-electron chi connectivity index (χ1n) is 34.9. The Morgan fingerprint density at radius 2 is 1.00 bits per heavy atom. The monoisotopic (exact) mass is 1470 g/mol. The van der Waals surface area contributed by atoms with Crippen LogP contribution in [0.5, 0.6) is 0 Å². The van der Waals surface area contributed by atoms with E-state index in [0.717, 1.165) is 24.3 Å². The summed E-state index contributed by atoms with van der Waals surface area (Å²) >= 11 is 0. The van der Waals surface area contributed by atoms with Crippen LogP contribution in [0.1, 0.15) is 112 Å². The standard InChI is InChI=1S/C69H119N3O26S2/c1-56(74)72-61-63(78)62(77)59(53-73)98-64(61)95-23-13-9-8-10-15-58(76)19-24-83-27-29-85-31-33-87-35-37-89-39-41-91-43-45-93-47-49-94-48-46-92-44-42-90-40-38-88-36-34-86-32-30-84-28-26-82-22-14-16-57(75)18-20-69(5,70-6)55-68(4,54-67(2,3)65(79)96-50-25-81-7)66(80)97-51-52-99-100-60-17-11-12-21-71-60/h11-12,17,21,59,61-64,73,77-78H,8-10,13-16,18-20,22-55H2,1-5,7H3,(H,72,74)/t59-,61-,62+,63-,64-,68?,69?/m1/s1. The van der Waals surface area contributed by atoms with Crippen molar-refractivity contribution in [2.24, 2.45) is 10.8 Å². The van der Waals surface area contributed by atoms with Crippen molar-refractivity contribution >= 4 is 51.0 Å². The molecule has 0 aromatic carbocycles. The molecule has 29 nitrogen and oxygen atoms in total. The summed E-state index contributed by atoms with van der Waals surface area (Å²) in [6.45, 7) is 27.5. The summed E-state index contributed by atoms with van der Waals surface area (Å²) in [5.41, 5.74) is -3.39. The van der Waals surface area contributed by atoms with Crippen molar-refractivity contribution in [2.75, 3.05) is 218 Å². The van der Waals surface area contributed by atoms with Crippen LogP contribution in [-0.4, -0.2) is 304 Å². The van der Waals surface area contributed by atoms with Crippen molar-refractivity contribution in [1.29, 1.82) is 0 Å². The van der Waals surface area contributed by atoms with Crippen LogP contribution in [0.4, 0.5) is 0 Å². The normalized spacial score (nSPS) is 17.5. The van der Waals surface area contributed by atoms with Crippen LogP contribution in [0.25, 0.3) is 4.85 Å². The summed E-state index contributed by atoms with van der Waals surface area (Å²) in [5, 5.41) is 33.3. The predicted octanol–water partition coefficient (Wildman–Crippen LogP) is 5.26. The molecule has 1 amide bonds. The molecule has 0 spiro atoms. The van der Waals surface area contributed by atoms with Gasteiger partial charge in [-0.25, -0.2) is 11.6 Å². The first-order chi connectivity index (χ1) is 48.4. The molecular formula is C69H119N3O26S2. The van der Waals surface area contributed by atoms with E-state index in [4.69, 9.17) is 91.8 Å². The second-order valence-electron chi connectivity index (χ2n) is 24.6. The van der Waals surface area contributed by atoms with Crippen molar-refractivity contribution < 1.29 is 125 Å². The van der Waals surface area contributed by atoms with Gasteiger partial charge in [0.25, 0.3) is 0 Å². The number of aliphatic hydroxyl groups is 3. The van der Waals surface area contributed by atoms with Gasteiger partial charge in [-0.15, -0.1) is 0 Å². The van der Waals surface area contributed by atoms with Crippen LogP contribution in [0, 0.1) is 17.4 Å². The number of amides is 1. The third-order valence-electron chi connectivity index (χ3n) is 15.2. The molecule has 0 bridgehead atoms. The third-order valence-corrected chi connectivity index (χ3v) is 17.4. The summed E-state index contributed by atoms with van der Waals surface area (Å²) in [4.78, 5) is 72.0. The van der Waals surface area contributed by atoms with E-state index in [9.17, 15) is 39.3 Å². The number of hydrogen-bond acceptors (Lipinski definition) is 29. The first kappa shape index (κ1) is 92.4. The molecule has 100 heavy (non-hydrogen) atoms. The van der Waals surface area contributed by atoms with E-state index in [1.165, 1.54) is 35.6 Å². The maximum absolute atomic E-state index is 13.9. The number of rotatable bonds is 70. The van der Waals surface area contributed by atoms with Gasteiger partial charge in [-0.3, -0.25) is 24.0 Å². The number of ether oxygens (including phenoxy) is 18. The molecule has 1 aromatic rings. The van der Waals surface area contributed by atoms with E-state index < -0.39 is 71.5 Å². The van der Waals surface area contributed by atoms with Crippen LogP contribution in [-0.2, 0) is 109 Å². The molecule has 0 saturated carbocycles. The Hall–Kier alpha value is -3.67. The summed E-state index contributed by atoms with van der Waals surface area (Å²) in [6.07, 6.45) is 2.18. The molecule has 31 heteroatoms. The van der Waals surface area contributed by atoms with Gasteiger partial charge in [0.2, 0.25) is 11.4 Å². The predicted molar refractivity (Wildman–Crippen MR) is 371 cm³/mol. The number of nitrogens with one attached hydrogen (secondary N) is 1. The summed E-state index contributed by atoms with van der Waals surface area (Å²) in [7, 11) is 4.50. The molecular weight excluding hydrogens is 1350 g/mol. The number of aliphatic hydroxyl groups excluding tert-OH is 3. The second-order valence-corrected chi connectivity index (χ2v) is 27.0. The Kier molecular flexibility index (Phi) is 56.0. The molecule has 2 unspecified atom stereocenters. The number of Topliss-reactive ketones (excluding diaryl/α,β-unsaturated/α-hetero) is 2. The molecule has 1 saturated heterocycles. The number of aromatic nitrogens is 1. The Morgan fingerprint density at radius 1 is 0.540 bits per heavy atom. The molecule has 1 fully saturated rings. The first-order valence-corrected chi connectivity index (χ1v) is 37.2. The van der Waals surface area contributed by atoms with E-state index in [0.29, 0.717) is 210 Å². The fourth-order valence-corrected chi connectivity index (χ4v) is 11.8. The molecule has 578 valence electrons. The minimum atomic E-state index is -1.36. The zero-order valence-corrected chi connectivity index (χ0v) is 61.9. The van der Waals surface area contributed by atoms with Gasteiger partial charge in [0.15, 0.2) is 6.29 Å². The lowest BCUT2D eigenvalue weighted by atomic mass is 9.67. The number of unbranched alkanes of at least 4 members (excludes halogenated alkanes) is 3. The number of carbonyl (C=O) groups is 5. The highest BCUT2D eigenvalue weighted by molar-refractivity contribution is 8.76. The molecule has 0 aliphatic carbocycles. The smallest absolute Gasteiger partial charge is 0.312 e. The highest BCUT2D eigenvalue weighted by Gasteiger charge is 2.50. The lowest BCUT2D eigenvalue weighted by Gasteiger charge is -2.42. The number of ketones is 2. The van der Waals surface area contributed by atoms with Crippen LogP contribution >= 0.6 is 21.6 Å². The minimum Gasteiger partial charge on any atom is -0.464 e. The zero-order chi connectivity index (χ0) is 73.1. The highest BCUT2D eigenvalue weighted by Crippen LogP contribution is 2.44. The maximum atomic E-state index is 13.9. The summed E-state index contributed by atoms with van der Waals surface area (Å²) in [5.74, 6) is -0.768. The van der Waals surface area contributed by atoms with Gasteiger partial charge in [-0.05, 0) is 69.4 Å². The van der Waals surface area contributed by atoms with E-state index in [2.05, 4.69) is 15.1 Å². The summed E-state index contributed by atoms with van der Waals surface area (Å²) in [6, 6.07) is 4.67. The average Bonchev–Trinajstić information content (AvgIpc) is 0.807. The van der Waals surface area contributed by atoms with E-state index in [1.807, 2.05) is 18.2 Å². The van der Waals surface area contributed by atoms with E-state index >= 15 is 0 Å². The molecule has 1 aliphatic rings. The number of esters is 2. The van der Waals surface area contributed by atoms with Gasteiger partial charge >= 0.3 is 11.9 Å². The SMILES string of the molecule is [C-]#[N+]C(C)(CCC(=O)CCCOCCOCCOCCOCCOCCOCCOCCOCCOCCOCCOCCOCCOCCC(=O)CCCCCCO[C@@H]1O[C@H](CO)[C@H](O)[C@H](O)[C@H]1NC(C)=O)CC(C)(CC(C)(C)C(=O)OCCOC)C(=O)OCCSSc1ccccn1. The van der Waals surface area contributed by atoms with Gasteiger partial charge in [0.1, 0.15) is 54.2 Å². The maximum Gasteiger partial charge on any atom is 0.312 e. The van der Waals surface area contributed by atoms with E-state index in [1.54, 1.807) is 33.9 Å². The van der Waals surface area contributed by atoms with E-state index in [-0.39, 0.29) is 63.7 Å². The molecule has 2 rings (SSSR count). The fraction of sp³-hybridized carbons (Fsp3) is 0.841. The van der Waals surface area contributed by atoms with Gasteiger partial charge in [-0.2, -0.15) is 0 Å². The van der Waals surface area contributed by atoms with Crippen molar-refractivity contribution in [1.82, 2.24) is 10.3 Å². The van der Waals surface area contributed by atoms with Gasteiger partial charge in [0, 0.05) is 84.6 Å². The van der Waals surface area contributed by atoms with Crippen molar-refractivity contribution in [2.45, 2.75) is 153 Å². The third kappa shape index (κ3) is 47.6. The molecule has 4 N–H and O–H groups in total. The lowest BCUT2D eigenvalue weighted by Crippen LogP contribution is -2.64. The van der Waals surface area contributed by atoms with Crippen molar-refractivity contribution in [3.63, 3.8) is 0 Å². The van der Waals surface area contributed by atoms with Crippen molar-refractivity contribution in [3.8, 4) is 0 Å². The zero-order valence-electron chi connectivity index (χ0n) is 60.3. The number of carbonyl (C=O) groups excluding carboxylic acids is 5. The van der Waals surface area contributed by atoms with Gasteiger partial charge in [0.05, 0.1) is 189 Å². The van der Waals surface area contributed by atoms with Gasteiger partial charge < -0.3 is 111 Å². The van der Waals surface area contributed by atoms with Crippen LogP contribution in [0.2, 0.25) is 0 Å². The Bertz CT molecular complexity index is 2270. The number of hydrogen-bond donors (Lipinski definition) is 4. The molecule has 1 aromatic heterocycles. The quantitative estimate of drug-likeness (QED) is 0.0280. The molecule has 7 atom stereocenters. The highest BCUT2D eigenvalue weighted by atomic mass is 33.1. The number of pyridine rings is 1. The van der Waals surface area contributed by atoms with Crippen molar-refractivity contribution in [3.05, 3.63) is 35.8 Å². The lowest BCUT2D eigenvalue weighted by molar-refractivity contribution is -0.270. The van der Waals surface area contributed by atoms with Crippen LogP contribution in [0.3, 0.4) is 0 Å². The Morgan fingerprint density at radius 3 is 1.46 bits per heavy atom. The van der Waals surface area contributed by atoms with Gasteiger partial charge in [-0.1, -0.05) is 29.7 Å².